The minimum Gasteiger partial charge on any atom is -0.474 e. The predicted octanol–water partition coefficient (Wildman–Crippen LogP) is 3.76. The summed E-state index contributed by atoms with van der Waals surface area (Å²) in [5.41, 5.74) is 7.51. The predicted molar refractivity (Wildman–Crippen MR) is 83.7 cm³/mol. The number of nitrogens with zero attached hydrogens (tertiary/aromatic N) is 1. The van der Waals surface area contributed by atoms with E-state index in [0.29, 0.717) is 10.9 Å². The van der Waals surface area contributed by atoms with Crippen LogP contribution < -0.4 is 10.5 Å². The SMILES string of the molecule is CCCCCCC(C)Oc1nccc(C)c1C(N)=S. The van der Waals surface area contributed by atoms with Gasteiger partial charge in [0.2, 0.25) is 5.88 Å². The number of thiocarbonyl (C=S) groups is 1. The fourth-order valence-electron chi connectivity index (χ4n) is 2.03. The molecule has 0 aliphatic carbocycles. The van der Waals surface area contributed by atoms with Crippen molar-refractivity contribution in [2.75, 3.05) is 0 Å². The van der Waals surface area contributed by atoms with Crippen molar-refractivity contribution in [3.63, 3.8) is 0 Å². The first-order valence-corrected chi connectivity index (χ1v) is 7.39. The van der Waals surface area contributed by atoms with Gasteiger partial charge in [-0.25, -0.2) is 4.98 Å². The maximum atomic E-state index is 5.89. The summed E-state index contributed by atoms with van der Waals surface area (Å²) in [6.07, 6.45) is 7.88. The van der Waals surface area contributed by atoms with Crippen molar-refractivity contribution >= 4 is 17.2 Å². The van der Waals surface area contributed by atoms with E-state index >= 15 is 0 Å². The van der Waals surface area contributed by atoms with Gasteiger partial charge < -0.3 is 10.5 Å². The molecule has 3 nitrogen and oxygen atoms in total. The number of aromatic nitrogens is 1. The first kappa shape index (κ1) is 15.9. The van der Waals surface area contributed by atoms with Gasteiger partial charge >= 0.3 is 0 Å². The summed E-state index contributed by atoms with van der Waals surface area (Å²) in [7, 11) is 0. The molecule has 0 amide bonds. The van der Waals surface area contributed by atoms with Gasteiger partial charge in [0.25, 0.3) is 0 Å². The molecule has 0 aromatic carbocycles. The van der Waals surface area contributed by atoms with E-state index in [2.05, 4.69) is 18.8 Å². The van der Waals surface area contributed by atoms with Crippen LogP contribution in [-0.4, -0.2) is 16.1 Å². The quantitative estimate of drug-likeness (QED) is 0.582. The lowest BCUT2D eigenvalue weighted by Crippen LogP contribution is -2.18. The highest BCUT2D eigenvalue weighted by Crippen LogP contribution is 2.21. The molecular weight excluding hydrogens is 256 g/mol. The van der Waals surface area contributed by atoms with Crippen LogP contribution in [0.2, 0.25) is 0 Å². The summed E-state index contributed by atoms with van der Waals surface area (Å²) in [5, 5.41) is 0. The van der Waals surface area contributed by atoms with E-state index in [4.69, 9.17) is 22.7 Å². The Morgan fingerprint density at radius 1 is 1.42 bits per heavy atom. The number of aryl methyl sites for hydroxylation is 1. The Labute approximate surface area is 121 Å². The van der Waals surface area contributed by atoms with E-state index in [-0.39, 0.29) is 6.10 Å². The maximum Gasteiger partial charge on any atom is 0.224 e. The summed E-state index contributed by atoms with van der Waals surface area (Å²) < 4.78 is 5.89. The van der Waals surface area contributed by atoms with Crippen molar-refractivity contribution in [2.45, 2.75) is 59.0 Å². The van der Waals surface area contributed by atoms with E-state index in [1.165, 1.54) is 25.7 Å². The average Bonchev–Trinajstić information content (AvgIpc) is 2.34. The highest BCUT2D eigenvalue weighted by Gasteiger charge is 2.13. The van der Waals surface area contributed by atoms with E-state index in [9.17, 15) is 0 Å². The van der Waals surface area contributed by atoms with Crippen LogP contribution in [0.25, 0.3) is 0 Å². The smallest absolute Gasteiger partial charge is 0.224 e. The third kappa shape index (κ3) is 5.15. The number of pyridine rings is 1. The Hall–Kier alpha value is -1.16. The third-order valence-electron chi connectivity index (χ3n) is 3.15. The van der Waals surface area contributed by atoms with Gasteiger partial charge in [0.05, 0.1) is 11.7 Å². The molecule has 1 aromatic rings. The van der Waals surface area contributed by atoms with Crippen LogP contribution in [0, 0.1) is 6.92 Å². The zero-order valence-corrected chi connectivity index (χ0v) is 12.9. The van der Waals surface area contributed by atoms with Crippen LogP contribution >= 0.6 is 12.2 Å². The molecule has 1 heterocycles. The molecule has 0 saturated carbocycles. The van der Waals surface area contributed by atoms with Crippen LogP contribution in [-0.2, 0) is 0 Å². The summed E-state index contributed by atoms with van der Waals surface area (Å²) in [6.45, 7) is 6.25. The second kappa shape index (κ2) is 8.10. The fourth-order valence-corrected chi connectivity index (χ4v) is 2.28. The molecular formula is C15H24N2OS. The number of ether oxygens (including phenoxy) is 1. The summed E-state index contributed by atoms with van der Waals surface area (Å²) >= 11 is 5.07. The summed E-state index contributed by atoms with van der Waals surface area (Å²) in [4.78, 5) is 4.60. The first-order chi connectivity index (χ1) is 9.06. The lowest BCUT2D eigenvalue weighted by atomic mass is 10.1. The summed E-state index contributed by atoms with van der Waals surface area (Å²) in [5.74, 6) is 0.565. The molecule has 19 heavy (non-hydrogen) atoms. The normalized spacial score (nSPS) is 12.2. The molecule has 0 aliphatic rings. The van der Waals surface area contributed by atoms with Crippen molar-refractivity contribution in [3.05, 3.63) is 23.4 Å². The molecule has 0 spiro atoms. The Balaban J connectivity index is 2.61. The third-order valence-corrected chi connectivity index (χ3v) is 3.35. The van der Waals surface area contributed by atoms with E-state index in [1.807, 2.05) is 13.0 Å². The number of nitrogens with two attached hydrogens (primary N) is 1. The lowest BCUT2D eigenvalue weighted by molar-refractivity contribution is 0.197. The minimum absolute atomic E-state index is 0.138. The Morgan fingerprint density at radius 3 is 2.79 bits per heavy atom. The standard InChI is InChI=1S/C15H24N2OS/c1-4-5-6-7-8-12(3)18-15-13(14(16)19)11(2)9-10-17-15/h9-10,12H,4-8H2,1-3H3,(H2,16,19). The Morgan fingerprint density at radius 2 is 2.16 bits per heavy atom. The van der Waals surface area contributed by atoms with Gasteiger partial charge in [-0.05, 0) is 38.3 Å². The number of rotatable bonds is 8. The Bertz CT molecular complexity index is 421. The van der Waals surface area contributed by atoms with Gasteiger partial charge in [0, 0.05) is 6.20 Å². The minimum atomic E-state index is 0.138. The zero-order chi connectivity index (χ0) is 14.3. The van der Waals surface area contributed by atoms with Crippen molar-refractivity contribution in [1.29, 1.82) is 0 Å². The van der Waals surface area contributed by atoms with Gasteiger partial charge in [-0.2, -0.15) is 0 Å². The van der Waals surface area contributed by atoms with Gasteiger partial charge in [-0.15, -0.1) is 0 Å². The van der Waals surface area contributed by atoms with Crippen molar-refractivity contribution < 1.29 is 4.74 Å². The number of hydrogen-bond donors (Lipinski definition) is 1. The second-order valence-corrected chi connectivity index (χ2v) is 5.39. The van der Waals surface area contributed by atoms with Crippen LogP contribution in [0.1, 0.15) is 57.1 Å². The number of unbranched alkanes of at least 4 members (excludes halogenated alkanes) is 3. The topological polar surface area (TPSA) is 48.1 Å². The monoisotopic (exact) mass is 280 g/mol. The highest BCUT2D eigenvalue weighted by molar-refractivity contribution is 7.80. The summed E-state index contributed by atoms with van der Waals surface area (Å²) in [6, 6.07) is 1.90. The average molecular weight is 280 g/mol. The van der Waals surface area contributed by atoms with Crippen LogP contribution in [0.4, 0.5) is 0 Å². The molecule has 1 atom stereocenters. The lowest BCUT2D eigenvalue weighted by Gasteiger charge is -2.17. The number of hydrogen-bond acceptors (Lipinski definition) is 3. The van der Waals surface area contributed by atoms with Gasteiger partial charge in [0.15, 0.2) is 0 Å². The van der Waals surface area contributed by atoms with Crippen molar-refractivity contribution in [1.82, 2.24) is 4.98 Å². The van der Waals surface area contributed by atoms with Crippen molar-refractivity contribution in [3.8, 4) is 5.88 Å². The molecule has 106 valence electrons. The molecule has 0 bridgehead atoms. The molecule has 2 N–H and O–H groups in total. The van der Waals surface area contributed by atoms with E-state index < -0.39 is 0 Å². The molecule has 0 fully saturated rings. The highest BCUT2D eigenvalue weighted by atomic mass is 32.1. The zero-order valence-electron chi connectivity index (χ0n) is 12.1. The van der Waals surface area contributed by atoms with Crippen LogP contribution in [0.3, 0.4) is 0 Å². The fraction of sp³-hybridized carbons (Fsp3) is 0.600. The first-order valence-electron chi connectivity index (χ1n) is 6.98. The van der Waals surface area contributed by atoms with E-state index in [1.54, 1.807) is 6.20 Å². The molecule has 0 radical (unpaired) electrons. The van der Waals surface area contributed by atoms with Gasteiger partial charge in [0.1, 0.15) is 4.99 Å². The molecule has 1 unspecified atom stereocenters. The molecule has 1 rings (SSSR count). The molecule has 0 saturated heterocycles. The molecule has 4 heteroatoms. The van der Waals surface area contributed by atoms with Crippen LogP contribution in [0.15, 0.2) is 12.3 Å². The molecule has 0 aliphatic heterocycles. The largest absolute Gasteiger partial charge is 0.474 e. The van der Waals surface area contributed by atoms with Gasteiger partial charge in [-0.3, -0.25) is 0 Å². The van der Waals surface area contributed by atoms with Crippen molar-refractivity contribution in [2.24, 2.45) is 5.73 Å². The maximum absolute atomic E-state index is 5.89. The van der Waals surface area contributed by atoms with E-state index in [0.717, 1.165) is 17.5 Å². The van der Waals surface area contributed by atoms with Gasteiger partial charge in [-0.1, -0.05) is 38.4 Å². The van der Waals surface area contributed by atoms with Crippen LogP contribution in [0.5, 0.6) is 5.88 Å². The second-order valence-electron chi connectivity index (χ2n) is 4.95. The Kier molecular flexibility index (Phi) is 6.78. The molecule has 1 aromatic heterocycles.